The van der Waals surface area contributed by atoms with Crippen LogP contribution >= 0.6 is 35.3 Å². The number of hydrogen-bond acceptors (Lipinski definition) is 4. The summed E-state index contributed by atoms with van der Waals surface area (Å²) < 4.78 is 5.18. The van der Waals surface area contributed by atoms with Crippen molar-refractivity contribution in [2.45, 2.75) is 40.2 Å². The van der Waals surface area contributed by atoms with Crippen molar-refractivity contribution >= 4 is 47.2 Å². The molecule has 0 saturated heterocycles. The van der Waals surface area contributed by atoms with E-state index in [1.165, 1.54) is 16.0 Å². The minimum absolute atomic E-state index is 0. The van der Waals surface area contributed by atoms with Crippen molar-refractivity contribution in [3.63, 3.8) is 0 Å². The number of furan rings is 1. The van der Waals surface area contributed by atoms with Crippen LogP contribution in [0.3, 0.4) is 0 Å². The molecule has 2 rings (SSSR count). The zero-order valence-corrected chi connectivity index (χ0v) is 19.3. The smallest absolute Gasteiger partial charge is 0.287 e. The lowest BCUT2D eigenvalue weighted by atomic mass is 10.2. The molecule has 0 unspecified atom stereocenters. The number of guanidine groups is 1. The largest absolute Gasteiger partial charge is 0.459 e. The Morgan fingerprint density at radius 2 is 1.85 bits per heavy atom. The van der Waals surface area contributed by atoms with Gasteiger partial charge in [-0.3, -0.25) is 4.79 Å². The molecule has 0 atom stereocenters. The number of nitrogens with one attached hydrogen (secondary N) is 3. The van der Waals surface area contributed by atoms with Crippen LogP contribution in [0.15, 0.2) is 33.9 Å². The number of hydrogen-bond donors (Lipinski definition) is 3. The number of rotatable bonds is 9. The monoisotopic (exact) mass is 504 g/mol. The molecule has 150 valence electrons. The Balaban J connectivity index is 0.00000364. The molecule has 0 spiro atoms. The Morgan fingerprint density at radius 3 is 2.48 bits per heavy atom. The number of aryl methyl sites for hydroxylation is 2. The van der Waals surface area contributed by atoms with Crippen molar-refractivity contribution in [3.05, 3.63) is 45.5 Å². The van der Waals surface area contributed by atoms with Gasteiger partial charge in [-0.25, -0.2) is 4.99 Å². The van der Waals surface area contributed by atoms with Crippen LogP contribution in [-0.4, -0.2) is 31.5 Å². The van der Waals surface area contributed by atoms with E-state index in [2.05, 4.69) is 40.0 Å². The topological polar surface area (TPSA) is 78.7 Å². The molecule has 0 aliphatic carbocycles. The molecule has 0 aliphatic heterocycles. The Bertz CT molecular complexity index is 727. The van der Waals surface area contributed by atoms with Gasteiger partial charge in [-0.05, 0) is 44.9 Å². The van der Waals surface area contributed by atoms with Gasteiger partial charge in [0.1, 0.15) is 0 Å². The van der Waals surface area contributed by atoms with Crippen LogP contribution in [0.25, 0.3) is 0 Å². The Kier molecular flexibility index (Phi) is 11.1. The van der Waals surface area contributed by atoms with Crippen molar-refractivity contribution in [2.75, 3.05) is 19.6 Å². The van der Waals surface area contributed by atoms with Gasteiger partial charge < -0.3 is 20.4 Å². The van der Waals surface area contributed by atoms with Gasteiger partial charge in [0.2, 0.25) is 0 Å². The fraction of sp³-hybridized carbons (Fsp3) is 0.474. The van der Waals surface area contributed by atoms with E-state index < -0.39 is 0 Å². The quantitative estimate of drug-likeness (QED) is 0.211. The normalized spacial score (nSPS) is 11.0. The predicted molar refractivity (Wildman–Crippen MR) is 122 cm³/mol. The van der Waals surface area contributed by atoms with Crippen LogP contribution in [0.2, 0.25) is 0 Å². The highest BCUT2D eigenvalue weighted by atomic mass is 127. The van der Waals surface area contributed by atoms with Crippen LogP contribution in [-0.2, 0) is 13.0 Å². The fourth-order valence-electron chi connectivity index (χ4n) is 2.38. The number of amides is 1. The first-order chi connectivity index (χ1) is 12.6. The lowest BCUT2D eigenvalue weighted by molar-refractivity contribution is 0.0925. The van der Waals surface area contributed by atoms with Crippen LogP contribution < -0.4 is 16.0 Å². The summed E-state index contributed by atoms with van der Waals surface area (Å²) in [5.41, 5.74) is 0.849. The highest BCUT2D eigenvalue weighted by Crippen LogP contribution is 2.17. The number of nitrogens with zero attached hydrogens (tertiary/aromatic N) is 1. The molecular weight excluding hydrogens is 475 g/mol. The first kappa shape index (κ1) is 23.5. The summed E-state index contributed by atoms with van der Waals surface area (Å²) in [7, 11) is 0. The van der Waals surface area contributed by atoms with Crippen molar-refractivity contribution in [3.8, 4) is 0 Å². The third kappa shape index (κ3) is 7.92. The highest BCUT2D eigenvalue weighted by Gasteiger charge is 2.11. The minimum atomic E-state index is -0.169. The molecule has 2 aromatic heterocycles. The van der Waals surface area contributed by atoms with E-state index >= 15 is 0 Å². The lowest BCUT2D eigenvalue weighted by Crippen LogP contribution is -2.38. The molecule has 0 fully saturated rings. The van der Waals surface area contributed by atoms with Crippen molar-refractivity contribution in [2.24, 2.45) is 4.99 Å². The van der Waals surface area contributed by atoms with E-state index in [4.69, 9.17) is 4.42 Å². The number of aliphatic imine (C=N–C) groups is 1. The van der Waals surface area contributed by atoms with Crippen LogP contribution in [0.4, 0.5) is 0 Å². The van der Waals surface area contributed by atoms with Gasteiger partial charge in [0, 0.05) is 35.0 Å². The lowest BCUT2D eigenvalue weighted by Gasteiger charge is -2.11. The number of halogens is 1. The molecule has 0 aromatic carbocycles. The van der Waals surface area contributed by atoms with Gasteiger partial charge in [0.05, 0.1) is 12.8 Å². The van der Waals surface area contributed by atoms with Gasteiger partial charge in [-0.15, -0.1) is 35.3 Å². The van der Waals surface area contributed by atoms with Crippen molar-refractivity contribution < 1.29 is 9.21 Å². The molecule has 6 nitrogen and oxygen atoms in total. The molecule has 0 radical (unpaired) electrons. The summed E-state index contributed by atoms with van der Waals surface area (Å²) in [6.07, 6.45) is 3.40. The predicted octanol–water partition coefficient (Wildman–Crippen LogP) is 3.71. The average Bonchev–Trinajstić information content (AvgIpc) is 3.27. The second kappa shape index (κ2) is 12.8. The Morgan fingerprint density at radius 1 is 1.11 bits per heavy atom. The molecule has 3 N–H and O–H groups in total. The third-order valence-corrected chi connectivity index (χ3v) is 5.02. The molecule has 2 aromatic rings. The van der Waals surface area contributed by atoms with E-state index in [0.29, 0.717) is 18.8 Å². The summed E-state index contributed by atoms with van der Waals surface area (Å²) in [6.45, 7) is 8.86. The zero-order chi connectivity index (χ0) is 18.8. The summed E-state index contributed by atoms with van der Waals surface area (Å²) >= 11 is 1.81. The molecule has 8 heteroatoms. The Labute approximate surface area is 182 Å². The molecule has 0 aliphatic rings. The maximum atomic E-state index is 12.0. The van der Waals surface area contributed by atoms with Crippen LogP contribution in [0.5, 0.6) is 0 Å². The molecule has 2 heterocycles. The number of thiophene rings is 1. The summed E-state index contributed by atoms with van der Waals surface area (Å²) in [5.74, 6) is 1.01. The zero-order valence-electron chi connectivity index (χ0n) is 16.1. The fourth-order valence-corrected chi connectivity index (χ4v) is 3.26. The van der Waals surface area contributed by atoms with Crippen LogP contribution in [0.1, 0.15) is 46.1 Å². The molecule has 1 amide bonds. The minimum Gasteiger partial charge on any atom is -0.459 e. The molecule has 0 bridgehead atoms. The van der Waals surface area contributed by atoms with E-state index in [-0.39, 0.29) is 29.9 Å². The van der Waals surface area contributed by atoms with Gasteiger partial charge >= 0.3 is 0 Å². The van der Waals surface area contributed by atoms with Crippen molar-refractivity contribution in [1.29, 1.82) is 0 Å². The first-order valence-corrected chi connectivity index (χ1v) is 9.87. The SMILES string of the molecule is CCNC(=NCc1ccc(CC)s1)NCCCNC(=O)c1occc1C.I. The van der Waals surface area contributed by atoms with E-state index in [1.54, 1.807) is 6.07 Å². The van der Waals surface area contributed by atoms with Crippen LogP contribution in [0, 0.1) is 6.92 Å². The third-order valence-electron chi connectivity index (χ3n) is 3.80. The van der Waals surface area contributed by atoms with E-state index in [1.807, 2.05) is 25.2 Å². The van der Waals surface area contributed by atoms with Crippen molar-refractivity contribution in [1.82, 2.24) is 16.0 Å². The molecule has 0 saturated carbocycles. The van der Waals surface area contributed by atoms with Gasteiger partial charge in [0.25, 0.3) is 5.91 Å². The standard InChI is InChI=1S/C19H28N4O2S.HI/c1-4-15-7-8-16(26-15)13-23-19(20-5-2)22-11-6-10-21-18(24)17-14(3)9-12-25-17;/h7-9,12H,4-6,10-11,13H2,1-3H3,(H,21,24)(H2,20,22,23);1H. The number of carbonyl (C=O) groups excluding carboxylic acids is 1. The molecular formula is C19H29IN4O2S. The highest BCUT2D eigenvalue weighted by molar-refractivity contribution is 14.0. The second-order valence-corrected chi connectivity index (χ2v) is 7.14. The van der Waals surface area contributed by atoms with E-state index in [0.717, 1.165) is 37.5 Å². The second-order valence-electron chi connectivity index (χ2n) is 5.89. The summed E-state index contributed by atoms with van der Waals surface area (Å²) in [6, 6.07) is 6.09. The molecule has 27 heavy (non-hydrogen) atoms. The van der Waals surface area contributed by atoms with E-state index in [9.17, 15) is 4.79 Å². The average molecular weight is 504 g/mol. The maximum absolute atomic E-state index is 12.0. The van der Waals surface area contributed by atoms with Gasteiger partial charge in [-0.2, -0.15) is 0 Å². The first-order valence-electron chi connectivity index (χ1n) is 9.06. The number of carbonyl (C=O) groups is 1. The Hall–Kier alpha value is -1.55. The summed E-state index contributed by atoms with van der Waals surface area (Å²) in [4.78, 5) is 19.2. The van der Waals surface area contributed by atoms with Gasteiger partial charge in [-0.1, -0.05) is 6.92 Å². The maximum Gasteiger partial charge on any atom is 0.287 e. The van der Waals surface area contributed by atoms with Gasteiger partial charge in [0.15, 0.2) is 11.7 Å². The summed E-state index contributed by atoms with van der Waals surface area (Å²) in [5, 5.41) is 9.41.